The third-order valence-electron chi connectivity index (χ3n) is 5.80. The van der Waals surface area contributed by atoms with Crippen molar-refractivity contribution in [2.24, 2.45) is 11.8 Å². The molecule has 0 aliphatic carbocycles. The second-order valence-corrected chi connectivity index (χ2v) is 8.38. The maximum absolute atomic E-state index is 5.05. The number of anilines is 1. The third kappa shape index (κ3) is 3.39. The number of hydrogen-bond donors (Lipinski definition) is 0. The molecular formula is C25H26N4. The van der Waals surface area contributed by atoms with Crippen LogP contribution in [0.5, 0.6) is 0 Å². The number of hydrogen-bond acceptors (Lipinski definition) is 3. The van der Waals surface area contributed by atoms with Gasteiger partial charge in [0.05, 0.1) is 11.9 Å². The summed E-state index contributed by atoms with van der Waals surface area (Å²) >= 11 is 0. The summed E-state index contributed by atoms with van der Waals surface area (Å²) in [5, 5.41) is 4.77. The van der Waals surface area contributed by atoms with Crippen LogP contribution in [0.4, 0.5) is 5.82 Å². The van der Waals surface area contributed by atoms with Crippen LogP contribution in [-0.2, 0) is 0 Å². The molecule has 1 aliphatic rings. The minimum Gasteiger partial charge on any atom is -0.356 e. The number of rotatable bonds is 3. The molecule has 1 aliphatic heterocycles. The van der Waals surface area contributed by atoms with Gasteiger partial charge in [-0.05, 0) is 23.8 Å². The Kier molecular flexibility index (Phi) is 4.55. The molecule has 0 spiro atoms. The van der Waals surface area contributed by atoms with E-state index < -0.39 is 0 Å². The van der Waals surface area contributed by atoms with Crippen LogP contribution in [0.2, 0.25) is 0 Å². The van der Waals surface area contributed by atoms with Crippen molar-refractivity contribution < 1.29 is 0 Å². The molecule has 5 rings (SSSR count). The Hall–Kier alpha value is -3.14. The molecule has 4 nitrogen and oxygen atoms in total. The Bertz CT molecular complexity index is 1110. The van der Waals surface area contributed by atoms with Crippen molar-refractivity contribution in [2.45, 2.75) is 20.3 Å². The molecular weight excluding hydrogens is 356 g/mol. The van der Waals surface area contributed by atoms with Crippen LogP contribution in [-0.4, -0.2) is 27.7 Å². The highest BCUT2D eigenvalue weighted by atomic mass is 15.3. The quantitative estimate of drug-likeness (QED) is 0.466. The van der Waals surface area contributed by atoms with E-state index in [1.54, 1.807) is 0 Å². The minimum absolute atomic E-state index is 0.672. The van der Waals surface area contributed by atoms with Crippen LogP contribution in [0.3, 0.4) is 0 Å². The maximum atomic E-state index is 5.05. The van der Waals surface area contributed by atoms with Crippen LogP contribution < -0.4 is 4.90 Å². The molecule has 29 heavy (non-hydrogen) atoms. The van der Waals surface area contributed by atoms with Gasteiger partial charge in [0.2, 0.25) is 0 Å². The molecule has 0 N–H and O–H groups in total. The number of aromatic nitrogens is 3. The summed E-state index contributed by atoms with van der Waals surface area (Å²) in [4.78, 5) is 7.54. The molecule has 146 valence electrons. The van der Waals surface area contributed by atoms with Crippen molar-refractivity contribution >= 4 is 11.5 Å². The van der Waals surface area contributed by atoms with E-state index in [4.69, 9.17) is 10.1 Å². The summed E-state index contributed by atoms with van der Waals surface area (Å²) in [7, 11) is 0. The normalized spacial score (nSPS) is 19.6. The predicted molar refractivity (Wildman–Crippen MR) is 119 cm³/mol. The summed E-state index contributed by atoms with van der Waals surface area (Å²) in [6, 6.07) is 23.1. The van der Waals surface area contributed by atoms with Gasteiger partial charge >= 0.3 is 0 Å². The molecule has 2 aromatic carbocycles. The molecule has 4 aromatic rings. The Morgan fingerprint density at radius 2 is 1.45 bits per heavy atom. The largest absolute Gasteiger partial charge is 0.356 e. The van der Waals surface area contributed by atoms with E-state index >= 15 is 0 Å². The predicted octanol–water partition coefficient (Wildman–Crippen LogP) is 5.55. The standard InChI is InChI=1S/C25H26N4/c1-18-13-19(2)17-28(16-18)24-14-23(21-11-7-4-8-12-21)27-25-22(15-26-29(24)25)20-9-5-3-6-10-20/h3-12,14-15,18-19H,13,16-17H2,1-2H3/t18-,19-/m0/s1. The molecule has 0 unspecified atom stereocenters. The lowest BCUT2D eigenvalue weighted by Gasteiger charge is -2.36. The van der Waals surface area contributed by atoms with Crippen LogP contribution in [0.1, 0.15) is 20.3 Å². The van der Waals surface area contributed by atoms with Gasteiger partial charge in [-0.15, -0.1) is 0 Å². The molecule has 0 amide bonds. The van der Waals surface area contributed by atoms with Crippen molar-refractivity contribution in [1.29, 1.82) is 0 Å². The van der Waals surface area contributed by atoms with Gasteiger partial charge in [0.15, 0.2) is 5.65 Å². The molecule has 4 heteroatoms. The Labute approximate surface area is 171 Å². The molecule has 0 bridgehead atoms. The number of nitrogens with zero attached hydrogens (tertiary/aromatic N) is 4. The monoisotopic (exact) mass is 382 g/mol. The van der Waals surface area contributed by atoms with Crippen LogP contribution in [0.25, 0.3) is 28.0 Å². The Morgan fingerprint density at radius 1 is 0.828 bits per heavy atom. The second-order valence-electron chi connectivity index (χ2n) is 8.38. The van der Waals surface area contributed by atoms with Crippen molar-refractivity contribution in [3.63, 3.8) is 0 Å². The van der Waals surface area contributed by atoms with Crippen molar-refractivity contribution in [3.8, 4) is 22.4 Å². The van der Waals surface area contributed by atoms with E-state index in [0.29, 0.717) is 11.8 Å². The second kappa shape index (κ2) is 7.36. The molecule has 1 saturated heterocycles. The van der Waals surface area contributed by atoms with Gasteiger partial charge in [0.25, 0.3) is 0 Å². The SMILES string of the molecule is C[C@H]1C[C@H](C)CN(c2cc(-c3ccccc3)nc3c(-c4ccccc4)cnn23)C1. The summed E-state index contributed by atoms with van der Waals surface area (Å²) in [6.45, 7) is 6.80. The van der Waals surface area contributed by atoms with Gasteiger partial charge in [-0.3, -0.25) is 0 Å². The summed E-state index contributed by atoms with van der Waals surface area (Å²) in [5.74, 6) is 2.48. The first-order valence-corrected chi connectivity index (χ1v) is 10.4. The lowest BCUT2D eigenvalue weighted by molar-refractivity contribution is 0.354. The zero-order valence-electron chi connectivity index (χ0n) is 17.0. The summed E-state index contributed by atoms with van der Waals surface area (Å²) in [6.07, 6.45) is 3.23. The lowest BCUT2D eigenvalue weighted by Crippen LogP contribution is -2.39. The zero-order chi connectivity index (χ0) is 19.8. The fourth-order valence-electron chi connectivity index (χ4n) is 4.60. The zero-order valence-corrected chi connectivity index (χ0v) is 17.0. The van der Waals surface area contributed by atoms with Gasteiger partial charge < -0.3 is 4.90 Å². The number of piperidine rings is 1. The molecule has 0 radical (unpaired) electrons. The van der Waals surface area contributed by atoms with Crippen LogP contribution >= 0.6 is 0 Å². The Balaban J connectivity index is 1.72. The first kappa shape index (κ1) is 17.9. The molecule has 1 fully saturated rings. The summed E-state index contributed by atoms with van der Waals surface area (Å²) in [5.41, 5.74) is 5.26. The van der Waals surface area contributed by atoms with E-state index in [9.17, 15) is 0 Å². The highest BCUT2D eigenvalue weighted by Gasteiger charge is 2.25. The van der Waals surface area contributed by atoms with Gasteiger partial charge in [-0.2, -0.15) is 9.61 Å². The van der Waals surface area contributed by atoms with Gasteiger partial charge in [-0.25, -0.2) is 4.98 Å². The highest BCUT2D eigenvalue weighted by Crippen LogP contribution is 2.32. The van der Waals surface area contributed by atoms with E-state index in [2.05, 4.69) is 73.3 Å². The first-order chi connectivity index (χ1) is 14.2. The van der Waals surface area contributed by atoms with E-state index in [1.165, 1.54) is 6.42 Å². The average Bonchev–Trinajstić information content (AvgIpc) is 3.17. The van der Waals surface area contributed by atoms with Crippen molar-refractivity contribution in [3.05, 3.63) is 72.9 Å². The minimum atomic E-state index is 0.672. The smallest absolute Gasteiger partial charge is 0.165 e. The van der Waals surface area contributed by atoms with Crippen LogP contribution in [0, 0.1) is 11.8 Å². The summed E-state index contributed by atoms with van der Waals surface area (Å²) < 4.78 is 2.03. The Morgan fingerprint density at radius 3 is 2.10 bits per heavy atom. The third-order valence-corrected chi connectivity index (χ3v) is 5.80. The maximum Gasteiger partial charge on any atom is 0.165 e. The number of benzene rings is 2. The lowest BCUT2D eigenvalue weighted by atomic mass is 9.92. The van der Waals surface area contributed by atoms with Crippen LogP contribution in [0.15, 0.2) is 72.9 Å². The molecule has 0 saturated carbocycles. The average molecular weight is 383 g/mol. The van der Waals surface area contributed by atoms with E-state index in [1.807, 2.05) is 22.8 Å². The van der Waals surface area contributed by atoms with Gasteiger partial charge in [-0.1, -0.05) is 74.5 Å². The first-order valence-electron chi connectivity index (χ1n) is 10.4. The number of fused-ring (bicyclic) bond motifs is 1. The van der Waals surface area contributed by atoms with E-state index in [0.717, 1.165) is 46.9 Å². The fourth-order valence-corrected chi connectivity index (χ4v) is 4.60. The molecule has 3 heterocycles. The van der Waals surface area contributed by atoms with Gasteiger partial charge in [0, 0.05) is 30.3 Å². The van der Waals surface area contributed by atoms with E-state index in [-0.39, 0.29) is 0 Å². The van der Waals surface area contributed by atoms with Crippen molar-refractivity contribution in [2.75, 3.05) is 18.0 Å². The fraction of sp³-hybridized carbons (Fsp3) is 0.280. The highest BCUT2D eigenvalue weighted by molar-refractivity contribution is 5.80. The molecule has 2 aromatic heterocycles. The van der Waals surface area contributed by atoms with Gasteiger partial charge in [0.1, 0.15) is 5.82 Å². The van der Waals surface area contributed by atoms with Crippen molar-refractivity contribution in [1.82, 2.24) is 14.6 Å². The topological polar surface area (TPSA) is 33.4 Å². The molecule has 2 atom stereocenters.